The maximum Gasteiger partial charge on any atom is 0.142 e. The molecule has 4 nitrogen and oxygen atoms in total. The Morgan fingerprint density at radius 3 is 2.35 bits per heavy atom. The second-order valence-electron chi connectivity index (χ2n) is 4.97. The average molecular weight is 315 g/mol. The Bertz CT molecular complexity index is 569. The van der Waals surface area contributed by atoms with E-state index in [0.29, 0.717) is 19.8 Å². The molecular formula is C19H25NO3. The Kier molecular flexibility index (Phi) is 7.27. The second kappa shape index (κ2) is 9.74. The van der Waals surface area contributed by atoms with Gasteiger partial charge in [0.05, 0.1) is 18.9 Å². The molecule has 0 fully saturated rings. The first kappa shape index (κ1) is 17.2. The van der Waals surface area contributed by atoms with Crippen LogP contribution < -0.4 is 14.8 Å². The lowest BCUT2D eigenvalue weighted by Crippen LogP contribution is -2.06. The summed E-state index contributed by atoms with van der Waals surface area (Å²) in [6.07, 6.45) is 0. The smallest absolute Gasteiger partial charge is 0.142 e. The molecule has 0 bridgehead atoms. The van der Waals surface area contributed by atoms with E-state index in [9.17, 15) is 0 Å². The van der Waals surface area contributed by atoms with Crippen LogP contribution in [0.25, 0.3) is 0 Å². The molecule has 2 aromatic rings. The lowest BCUT2D eigenvalue weighted by Gasteiger charge is -2.12. The maximum absolute atomic E-state index is 5.61. The molecule has 0 saturated heterocycles. The third-order valence-corrected chi connectivity index (χ3v) is 3.29. The monoisotopic (exact) mass is 315 g/mol. The van der Waals surface area contributed by atoms with Crippen molar-refractivity contribution in [3.63, 3.8) is 0 Å². The summed E-state index contributed by atoms with van der Waals surface area (Å²) < 4.78 is 16.5. The number of hydrogen-bond acceptors (Lipinski definition) is 4. The van der Waals surface area contributed by atoms with Gasteiger partial charge in [-0.15, -0.1) is 0 Å². The van der Waals surface area contributed by atoms with Crippen LogP contribution in [0.15, 0.2) is 48.5 Å². The standard InChI is InChI=1S/C19H25NO3/c1-3-21-13-14-23-17-11-9-16(10-12-17)15-20-18-7-5-6-8-19(18)22-4-2/h5-12,20H,3-4,13-15H2,1-2H3. The topological polar surface area (TPSA) is 39.7 Å². The van der Waals surface area contributed by atoms with Gasteiger partial charge in [0.1, 0.15) is 18.1 Å². The number of anilines is 1. The maximum atomic E-state index is 5.61. The van der Waals surface area contributed by atoms with E-state index in [0.717, 1.165) is 30.3 Å². The highest BCUT2D eigenvalue weighted by atomic mass is 16.5. The third-order valence-electron chi connectivity index (χ3n) is 3.29. The summed E-state index contributed by atoms with van der Waals surface area (Å²) in [6, 6.07) is 16.1. The van der Waals surface area contributed by atoms with Gasteiger partial charge in [0.2, 0.25) is 0 Å². The van der Waals surface area contributed by atoms with Gasteiger partial charge in [0.15, 0.2) is 0 Å². The van der Waals surface area contributed by atoms with E-state index in [1.165, 1.54) is 5.56 Å². The predicted octanol–water partition coefficient (Wildman–Crippen LogP) is 4.11. The van der Waals surface area contributed by atoms with Crippen molar-refractivity contribution in [3.8, 4) is 11.5 Å². The van der Waals surface area contributed by atoms with Crippen LogP contribution in [0.4, 0.5) is 5.69 Å². The van der Waals surface area contributed by atoms with Crippen molar-refractivity contribution in [3.05, 3.63) is 54.1 Å². The minimum atomic E-state index is 0.577. The van der Waals surface area contributed by atoms with Crippen molar-refractivity contribution in [1.29, 1.82) is 0 Å². The number of rotatable bonds is 10. The molecule has 0 amide bonds. The first-order chi connectivity index (χ1) is 11.3. The summed E-state index contributed by atoms with van der Waals surface area (Å²) in [4.78, 5) is 0. The highest BCUT2D eigenvalue weighted by Crippen LogP contribution is 2.24. The number of para-hydroxylation sites is 2. The van der Waals surface area contributed by atoms with E-state index in [-0.39, 0.29) is 0 Å². The highest BCUT2D eigenvalue weighted by molar-refractivity contribution is 5.56. The zero-order chi connectivity index (χ0) is 16.3. The molecule has 0 aliphatic carbocycles. The van der Waals surface area contributed by atoms with Gasteiger partial charge in [0.25, 0.3) is 0 Å². The fourth-order valence-electron chi connectivity index (χ4n) is 2.16. The Labute approximate surface area is 138 Å². The van der Waals surface area contributed by atoms with E-state index in [1.807, 2.05) is 50.2 Å². The summed E-state index contributed by atoms with van der Waals surface area (Å²) in [5.41, 5.74) is 2.19. The van der Waals surface area contributed by atoms with E-state index < -0.39 is 0 Å². The molecule has 4 heteroatoms. The minimum absolute atomic E-state index is 0.577. The Morgan fingerprint density at radius 1 is 0.826 bits per heavy atom. The molecule has 0 heterocycles. The van der Waals surface area contributed by atoms with Gasteiger partial charge in [0, 0.05) is 13.2 Å². The largest absolute Gasteiger partial charge is 0.492 e. The van der Waals surface area contributed by atoms with E-state index in [4.69, 9.17) is 14.2 Å². The normalized spacial score (nSPS) is 10.3. The molecule has 0 aromatic heterocycles. The lowest BCUT2D eigenvalue weighted by molar-refractivity contribution is 0.110. The number of nitrogens with one attached hydrogen (secondary N) is 1. The van der Waals surface area contributed by atoms with E-state index in [1.54, 1.807) is 0 Å². The highest BCUT2D eigenvalue weighted by Gasteiger charge is 2.02. The molecule has 0 spiro atoms. The summed E-state index contributed by atoms with van der Waals surface area (Å²) in [5.74, 6) is 1.74. The van der Waals surface area contributed by atoms with Gasteiger partial charge in [-0.2, -0.15) is 0 Å². The molecule has 23 heavy (non-hydrogen) atoms. The summed E-state index contributed by atoms with van der Waals surface area (Å²) in [5, 5.41) is 3.41. The van der Waals surface area contributed by atoms with Crippen LogP contribution in [-0.4, -0.2) is 26.4 Å². The Balaban J connectivity index is 1.84. The van der Waals surface area contributed by atoms with Crippen LogP contribution in [-0.2, 0) is 11.3 Å². The Hall–Kier alpha value is -2.20. The molecule has 0 atom stereocenters. The molecule has 0 aliphatic rings. The SMILES string of the molecule is CCOCCOc1ccc(CNc2ccccc2OCC)cc1. The minimum Gasteiger partial charge on any atom is -0.492 e. The molecule has 0 radical (unpaired) electrons. The van der Waals surface area contributed by atoms with Crippen molar-refractivity contribution in [2.75, 3.05) is 31.7 Å². The zero-order valence-corrected chi connectivity index (χ0v) is 13.9. The zero-order valence-electron chi connectivity index (χ0n) is 13.9. The summed E-state index contributed by atoms with van der Waals surface area (Å²) in [6.45, 7) is 7.28. The van der Waals surface area contributed by atoms with Crippen molar-refractivity contribution in [1.82, 2.24) is 0 Å². The first-order valence-corrected chi connectivity index (χ1v) is 8.08. The number of benzene rings is 2. The first-order valence-electron chi connectivity index (χ1n) is 8.08. The van der Waals surface area contributed by atoms with Crippen LogP contribution in [0.2, 0.25) is 0 Å². The van der Waals surface area contributed by atoms with Gasteiger partial charge < -0.3 is 19.5 Å². The van der Waals surface area contributed by atoms with Gasteiger partial charge in [-0.05, 0) is 43.7 Å². The predicted molar refractivity (Wildman–Crippen MR) is 93.4 cm³/mol. The molecule has 2 aromatic carbocycles. The van der Waals surface area contributed by atoms with Crippen LogP contribution in [0, 0.1) is 0 Å². The second-order valence-corrected chi connectivity index (χ2v) is 4.97. The van der Waals surface area contributed by atoms with E-state index in [2.05, 4.69) is 17.4 Å². The molecule has 1 N–H and O–H groups in total. The van der Waals surface area contributed by atoms with Gasteiger partial charge in [-0.25, -0.2) is 0 Å². The molecule has 0 unspecified atom stereocenters. The van der Waals surface area contributed by atoms with E-state index >= 15 is 0 Å². The lowest BCUT2D eigenvalue weighted by atomic mass is 10.2. The van der Waals surface area contributed by atoms with Crippen molar-refractivity contribution >= 4 is 5.69 Å². The van der Waals surface area contributed by atoms with Crippen molar-refractivity contribution < 1.29 is 14.2 Å². The van der Waals surface area contributed by atoms with Gasteiger partial charge in [-0.1, -0.05) is 24.3 Å². The quantitative estimate of drug-likeness (QED) is 0.670. The van der Waals surface area contributed by atoms with Gasteiger partial charge in [-0.3, -0.25) is 0 Å². The van der Waals surface area contributed by atoms with Crippen molar-refractivity contribution in [2.45, 2.75) is 20.4 Å². The average Bonchev–Trinajstić information content (AvgIpc) is 2.59. The number of ether oxygens (including phenoxy) is 3. The molecule has 0 saturated carbocycles. The third kappa shape index (κ3) is 5.83. The number of hydrogen-bond donors (Lipinski definition) is 1. The summed E-state index contributed by atoms with van der Waals surface area (Å²) >= 11 is 0. The van der Waals surface area contributed by atoms with Gasteiger partial charge >= 0.3 is 0 Å². The molecule has 124 valence electrons. The molecular weight excluding hydrogens is 290 g/mol. The molecule has 0 aliphatic heterocycles. The van der Waals surface area contributed by atoms with Crippen LogP contribution in [0.5, 0.6) is 11.5 Å². The Morgan fingerprint density at radius 2 is 1.61 bits per heavy atom. The fourth-order valence-corrected chi connectivity index (χ4v) is 2.16. The fraction of sp³-hybridized carbons (Fsp3) is 0.368. The van der Waals surface area contributed by atoms with Crippen LogP contribution in [0.1, 0.15) is 19.4 Å². The summed E-state index contributed by atoms with van der Waals surface area (Å²) in [7, 11) is 0. The van der Waals surface area contributed by atoms with Crippen molar-refractivity contribution in [2.24, 2.45) is 0 Å². The van der Waals surface area contributed by atoms with Crippen LogP contribution >= 0.6 is 0 Å². The van der Waals surface area contributed by atoms with Crippen LogP contribution in [0.3, 0.4) is 0 Å². The molecule has 2 rings (SSSR count).